The molecule has 0 aliphatic heterocycles. The highest BCUT2D eigenvalue weighted by Gasteiger charge is 2.38. The lowest BCUT2D eigenvalue weighted by molar-refractivity contribution is 0.294. The molecule has 0 bridgehead atoms. The van der Waals surface area contributed by atoms with E-state index in [1.165, 1.54) is 0 Å². The van der Waals surface area contributed by atoms with Gasteiger partial charge in [0.1, 0.15) is 0 Å². The third-order valence-electron chi connectivity index (χ3n) is 1.80. The molecule has 1 nitrogen and oxygen atoms in total. The first-order valence-corrected chi connectivity index (χ1v) is 7.64. The quantitative estimate of drug-likeness (QED) is 0.393. The highest BCUT2D eigenvalue weighted by molar-refractivity contribution is 9.09. The molecule has 0 saturated heterocycles. The lowest BCUT2D eigenvalue weighted by Gasteiger charge is -2.34. The van der Waals surface area contributed by atoms with Gasteiger partial charge in [0.05, 0.1) is 0 Å². The van der Waals surface area contributed by atoms with Crippen LogP contribution in [0.25, 0.3) is 0 Å². The molecule has 0 rings (SSSR count). The van der Waals surface area contributed by atoms with Gasteiger partial charge in [-0.3, -0.25) is 0 Å². The predicted molar refractivity (Wildman–Crippen MR) is 63.5 cm³/mol. The monoisotopic (exact) mass is 270 g/mol. The largest absolute Gasteiger partial charge is 0.416 e. The third-order valence-corrected chi connectivity index (χ3v) is 4.39. The van der Waals surface area contributed by atoms with Crippen molar-refractivity contribution in [2.24, 2.45) is 0 Å². The van der Waals surface area contributed by atoms with Crippen LogP contribution >= 0.6 is 15.9 Å². The lowest BCUT2D eigenvalue weighted by Crippen LogP contribution is -2.43. The summed E-state index contributed by atoms with van der Waals surface area (Å²) >= 11 is 3.33. The zero-order chi connectivity index (χ0) is 11.2. The summed E-state index contributed by atoms with van der Waals surface area (Å²) < 4.78 is 5.24. The topological polar surface area (TPSA) is 9.23 Å². The maximum absolute atomic E-state index is 5.62. The average Bonchev–Trinajstić information content (AvgIpc) is 2.02. The van der Waals surface area contributed by atoms with Gasteiger partial charge in [0.25, 0.3) is 0 Å². The van der Waals surface area contributed by atoms with Crippen molar-refractivity contribution < 1.29 is 4.43 Å². The van der Waals surface area contributed by atoms with Crippen LogP contribution in [0.3, 0.4) is 0 Å². The molecule has 10 radical (unpaired) electrons. The number of hydrogen-bond acceptors (Lipinski definition) is 1. The Hall–Kier alpha value is 0.657. The molecular formula is C11H15BrOSi. The molecule has 0 spiro atoms. The standard InChI is InChI=1S/C11H15BrOSi/c1-11(2,3)14(4,5)13-10-8-6-7-9-12/h1-5H,6-10H2. The number of hydrogen-bond donors (Lipinski definition) is 0. The van der Waals surface area contributed by atoms with Gasteiger partial charge in [0, 0.05) is 17.0 Å². The Morgan fingerprint density at radius 2 is 1.64 bits per heavy atom. The summed E-state index contributed by atoms with van der Waals surface area (Å²) in [7, 11) is -3.14. The van der Waals surface area contributed by atoms with Crippen molar-refractivity contribution in [2.45, 2.75) is 24.3 Å². The van der Waals surface area contributed by atoms with E-state index >= 15 is 0 Å². The second kappa shape index (κ2) is 6.29. The fraction of sp³-hybridized carbons (Fsp3) is 0.545. The Labute approximate surface area is 98.9 Å². The van der Waals surface area contributed by atoms with Gasteiger partial charge >= 0.3 is 0 Å². The summed E-state index contributed by atoms with van der Waals surface area (Å²) in [6, 6.07) is 0. The zero-order valence-corrected chi connectivity index (χ0v) is 10.8. The van der Waals surface area contributed by atoms with E-state index in [0.29, 0.717) is 6.61 Å². The molecule has 0 aromatic rings. The van der Waals surface area contributed by atoms with Crippen LogP contribution in [0.4, 0.5) is 0 Å². The molecule has 0 atom stereocenters. The normalized spacial score (nSPS) is 13.3. The van der Waals surface area contributed by atoms with Gasteiger partial charge in [-0.25, -0.2) is 0 Å². The van der Waals surface area contributed by atoms with E-state index in [4.69, 9.17) is 38.3 Å². The summed E-state index contributed by atoms with van der Waals surface area (Å²) in [6.45, 7) is 27.9. The number of alkyl halides is 1. The Balaban J connectivity index is 3.67. The summed E-state index contributed by atoms with van der Waals surface area (Å²) in [6.07, 6.45) is 3.01. The zero-order valence-electron chi connectivity index (χ0n) is 8.21. The van der Waals surface area contributed by atoms with Crippen LogP contribution in [-0.4, -0.2) is 20.3 Å². The van der Waals surface area contributed by atoms with Crippen LogP contribution in [0.15, 0.2) is 0 Å². The van der Waals surface area contributed by atoms with Crippen molar-refractivity contribution in [1.29, 1.82) is 0 Å². The van der Waals surface area contributed by atoms with E-state index in [-0.39, 0.29) is 0 Å². The predicted octanol–water partition coefficient (Wildman–Crippen LogP) is 2.89. The summed E-state index contributed by atoms with van der Waals surface area (Å²) in [4.78, 5) is 0. The molecule has 0 aromatic heterocycles. The van der Waals surface area contributed by atoms with Crippen molar-refractivity contribution in [3.8, 4) is 0 Å². The highest BCUT2D eigenvalue weighted by atomic mass is 79.9. The van der Waals surface area contributed by atoms with Crippen LogP contribution < -0.4 is 0 Å². The van der Waals surface area contributed by atoms with E-state index in [2.05, 4.69) is 15.9 Å². The Bertz CT molecular complexity index is 152. The smallest absolute Gasteiger partial charge is 0.206 e. The molecule has 14 heavy (non-hydrogen) atoms. The van der Waals surface area contributed by atoms with Crippen molar-refractivity contribution in [3.63, 3.8) is 0 Å². The second-order valence-corrected chi connectivity index (χ2v) is 6.86. The van der Waals surface area contributed by atoms with E-state index in [1.54, 1.807) is 0 Å². The number of unbranched alkanes of at least 4 members (excludes halogenated alkanes) is 2. The molecule has 0 amide bonds. The van der Waals surface area contributed by atoms with E-state index < -0.39 is 13.4 Å². The van der Waals surface area contributed by atoms with Crippen LogP contribution in [0.1, 0.15) is 19.3 Å². The summed E-state index contributed by atoms with van der Waals surface area (Å²) in [5.74, 6) is 0. The molecule has 0 heterocycles. The van der Waals surface area contributed by atoms with E-state index in [1.807, 2.05) is 0 Å². The van der Waals surface area contributed by atoms with Crippen molar-refractivity contribution in [3.05, 3.63) is 33.9 Å². The molecule has 0 saturated carbocycles. The van der Waals surface area contributed by atoms with Crippen molar-refractivity contribution in [2.75, 3.05) is 11.9 Å². The minimum Gasteiger partial charge on any atom is -0.416 e. The minimum atomic E-state index is -3.14. The first-order valence-electron chi connectivity index (χ1n) is 4.45. The molecule has 76 valence electrons. The third kappa shape index (κ3) is 5.52. The van der Waals surface area contributed by atoms with Crippen LogP contribution in [-0.2, 0) is 4.43 Å². The lowest BCUT2D eigenvalue weighted by atomic mass is 10.2. The van der Waals surface area contributed by atoms with Gasteiger partial charge in [-0.2, -0.15) is 0 Å². The Kier molecular flexibility index (Phi) is 6.58. The molecule has 0 unspecified atom stereocenters. The molecule has 3 heteroatoms. The van der Waals surface area contributed by atoms with Gasteiger partial charge in [0.2, 0.25) is 8.32 Å². The molecule has 0 aromatic carbocycles. The molecule has 0 fully saturated rings. The van der Waals surface area contributed by atoms with Gasteiger partial charge in [-0.1, -0.05) is 22.4 Å². The second-order valence-electron chi connectivity index (χ2n) is 3.32. The first-order chi connectivity index (χ1) is 6.31. The summed E-state index contributed by atoms with van der Waals surface area (Å²) in [5.41, 5.74) is 0. The highest BCUT2D eigenvalue weighted by Crippen LogP contribution is 2.33. The minimum absolute atomic E-state index is 0.458. The first kappa shape index (κ1) is 14.7. The molecule has 0 aliphatic rings. The summed E-state index contributed by atoms with van der Waals surface area (Å²) in [5, 5.41) is -0.613. The Morgan fingerprint density at radius 3 is 2.07 bits per heavy atom. The van der Waals surface area contributed by atoms with Crippen LogP contribution in [0, 0.1) is 33.9 Å². The van der Waals surface area contributed by atoms with Gasteiger partial charge in [-0.05, 0) is 46.7 Å². The van der Waals surface area contributed by atoms with E-state index in [9.17, 15) is 0 Å². The SMILES string of the molecule is [CH]C([CH])([CH])[Si]([CH])([CH])OCCCCCBr. The van der Waals surface area contributed by atoms with Gasteiger partial charge < -0.3 is 4.43 Å². The maximum Gasteiger partial charge on any atom is 0.206 e. The Morgan fingerprint density at radius 1 is 1.07 bits per heavy atom. The van der Waals surface area contributed by atoms with Gasteiger partial charge in [0.15, 0.2) is 0 Å². The van der Waals surface area contributed by atoms with Crippen LogP contribution in [0.5, 0.6) is 0 Å². The molecule has 0 aliphatic carbocycles. The fourth-order valence-electron chi connectivity index (χ4n) is 0.739. The van der Waals surface area contributed by atoms with Gasteiger partial charge in [-0.15, -0.1) is 0 Å². The average molecular weight is 271 g/mol. The molecule has 0 N–H and O–H groups in total. The molecular weight excluding hydrogens is 256 g/mol. The fourth-order valence-corrected chi connectivity index (χ4v) is 1.87. The maximum atomic E-state index is 5.62. The van der Waals surface area contributed by atoms with Crippen molar-refractivity contribution in [1.82, 2.24) is 0 Å². The van der Waals surface area contributed by atoms with E-state index in [0.717, 1.165) is 24.6 Å². The number of rotatable bonds is 7. The van der Waals surface area contributed by atoms with Crippen LogP contribution in [0.2, 0.25) is 5.04 Å². The number of halogens is 1. The van der Waals surface area contributed by atoms with Crippen molar-refractivity contribution >= 4 is 24.2 Å².